The fraction of sp³-hybridized carbons (Fsp3) is 0.250. The van der Waals surface area contributed by atoms with Crippen LogP contribution in [0.2, 0.25) is 5.02 Å². The van der Waals surface area contributed by atoms with Gasteiger partial charge in [-0.1, -0.05) is 30.2 Å². The van der Waals surface area contributed by atoms with E-state index in [9.17, 15) is 4.79 Å². The van der Waals surface area contributed by atoms with E-state index in [1.165, 1.54) is 0 Å². The smallest absolute Gasteiger partial charge is 0.253 e. The number of benzene rings is 1. The summed E-state index contributed by atoms with van der Waals surface area (Å²) in [6, 6.07) is 11.4. The summed E-state index contributed by atoms with van der Waals surface area (Å²) in [5.74, 6) is 0.916. The third-order valence-electron chi connectivity index (χ3n) is 4.64. The van der Waals surface area contributed by atoms with Crippen molar-refractivity contribution in [3.8, 4) is 0 Å². The minimum atomic E-state index is -0.0629. The number of carbonyl (C=O) groups is 1. The molecule has 1 aromatic carbocycles. The van der Waals surface area contributed by atoms with Gasteiger partial charge >= 0.3 is 0 Å². The van der Waals surface area contributed by atoms with Crippen LogP contribution in [0.5, 0.6) is 0 Å². The highest BCUT2D eigenvalue weighted by Gasteiger charge is 2.11. The Labute approximate surface area is 161 Å². The van der Waals surface area contributed by atoms with Crippen LogP contribution in [0.15, 0.2) is 48.8 Å². The number of nitrogens with zero attached hydrogens (tertiary/aromatic N) is 3. The summed E-state index contributed by atoms with van der Waals surface area (Å²) in [5, 5.41) is 12.9. The molecule has 0 fully saturated rings. The zero-order valence-electron chi connectivity index (χ0n) is 14.8. The minimum Gasteiger partial charge on any atom is -0.360 e. The molecule has 1 amide bonds. The molecule has 138 valence electrons. The van der Waals surface area contributed by atoms with Crippen LogP contribution >= 0.6 is 11.6 Å². The Morgan fingerprint density at radius 2 is 2.07 bits per heavy atom. The maximum atomic E-state index is 12.4. The zero-order valence-corrected chi connectivity index (χ0v) is 15.5. The van der Waals surface area contributed by atoms with Crippen LogP contribution in [0, 0.1) is 0 Å². The number of halogens is 1. The number of unbranched alkanes of at least 4 members (excludes halogenated alkanes) is 2. The molecule has 7 heteroatoms. The van der Waals surface area contributed by atoms with Crippen LogP contribution in [0.4, 0.5) is 0 Å². The average molecular weight is 382 g/mol. The number of carbonyl (C=O) groups excluding carboxylic acids is 1. The molecule has 3 heterocycles. The molecule has 0 aliphatic carbocycles. The number of hydrogen-bond donors (Lipinski definition) is 2. The zero-order chi connectivity index (χ0) is 18.6. The van der Waals surface area contributed by atoms with Crippen molar-refractivity contribution in [3.63, 3.8) is 0 Å². The minimum absolute atomic E-state index is 0.0629. The van der Waals surface area contributed by atoms with Crippen molar-refractivity contribution in [3.05, 3.63) is 65.2 Å². The molecule has 2 N–H and O–H groups in total. The van der Waals surface area contributed by atoms with Crippen molar-refractivity contribution < 1.29 is 4.79 Å². The van der Waals surface area contributed by atoms with E-state index in [-0.39, 0.29) is 5.91 Å². The summed E-state index contributed by atoms with van der Waals surface area (Å²) in [6.07, 6.45) is 7.55. The normalized spacial score (nSPS) is 11.3. The molecule has 6 nitrogen and oxygen atoms in total. The molecular weight excluding hydrogens is 362 g/mol. The lowest BCUT2D eigenvalue weighted by Gasteiger charge is -2.05. The Morgan fingerprint density at radius 3 is 3.00 bits per heavy atom. The molecule has 0 unspecified atom stereocenters. The van der Waals surface area contributed by atoms with E-state index in [2.05, 4.69) is 20.5 Å². The molecule has 0 spiro atoms. The van der Waals surface area contributed by atoms with Gasteiger partial charge in [0.05, 0.1) is 5.56 Å². The highest BCUT2D eigenvalue weighted by molar-refractivity contribution is 6.31. The predicted octanol–water partition coefficient (Wildman–Crippen LogP) is 4.01. The van der Waals surface area contributed by atoms with Crippen LogP contribution in [0.1, 0.15) is 35.4 Å². The Bertz CT molecular complexity index is 1080. The Hall–Kier alpha value is -2.86. The van der Waals surface area contributed by atoms with Crippen molar-refractivity contribution in [2.24, 2.45) is 0 Å². The Morgan fingerprint density at radius 1 is 1.15 bits per heavy atom. The first-order chi connectivity index (χ1) is 13.2. The fourth-order valence-corrected chi connectivity index (χ4v) is 3.40. The lowest BCUT2D eigenvalue weighted by Crippen LogP contribution is -2.24. The molecule has 3 aromatic heterocycles. The van der Waals surface area contributed by atoms with Gasteiger partial charge in [-0.2, -0.15) is 0 Å². The first-order valence-electron chi connectivity index (χ1n) is 9.06. The van der Waals surface area contributed by atoms with Crippen molar-refractivity contribution in [1.29, 1.82) is 0 Å². The molecular formula is C20H20ClN5O. The quantitative estimate of drug-likeness (QED) is 0.475. The first-order valence-corrected chi connectivity index (χ1v) is 9.43. The van der Waals surface area contributed by atoms with Crippen molar-refractivity contribution >= 4 is 34.1 Å². The number of aryl methyl sites for hydroxylation is 1. The molecule has 0 radical (unpaired) electrons. The van der Waals surface area contributed by atoms with E-state index in [1.54, 1.807) is 12.3 Å². The first kappa shape index (κ1) is 17.5. The van der Waals surface area contributed by atoms with Gasteiger partial charge in [0.15, 0.2) is 5.65 Å². The molecule has 0 saturated carbocycles. The Kier molecular flexibility index (Phi) is 5.07. The van der Waals surface area contributed by atoms with Gasteiger partial charge in [0, 0.05) is 41.3 Å². The summed E-state index contributed by atoms with van der Waals surface area (Å²) in [5.41, 5.74) is 2.39. The monoisotopic (exact) mass is 381 g/mol. The number of nitrogens with one attached hydrogen (secondary N) is 2. The highest BCUT2D eigenvalue weighted by Crippen LogP contribution is 2.22. The summed E-state index contributed by atoms with van der Waals surface area (Å²) in [4.78, 5) is 15.5. The van der Waals surface area contributed by atoms with Gasteiger partial charge in [-0.15, -0.1) is 10.2 Å². The molecule has 27 heavy (non-hydrogen) atoms. The largest absolute Gasteiger partial charge is 0.360 e. The van der Waals surface area contributed by atoms with Crippen molar-refractivity contribution in [2.45, 2.75) is 25.7 Å². The standard InChI is InChI=1S/C20H20ClN5O/c21-14-8-9-15-16(13-23-17(15)12-14)20(27)22-10-4-1-2-6-18-24-25-19-7-3-5-11-26(18)19/h3,5,7-9,11-13,23H,1-2,4,6,10H2,(H,22,27). The fourth-order valence-electron chi connectivity index (χ4n) is 3.23. The van der Waals surface area contributed by atoms with Gasteiger partial charge in [0.1, 0.15) is 5.82 Å². The van der Waals surface area contributed by atoms with Gasteiger partial charge in [0.2, 0.25) is 0 Å². The molecule has 0 aliphatic rings. The second-order valence-corrected chi connectivity index (χ2v) is 6.94. The lowest BCUT2D eigenvalue weighted by atomic mass is 10.1. The molecule has 0 saturated heterocycles. The van der Waals surface area contributed by atoms with Crippen molar-refractivity contribution in [1.82, 2.24) is 24.9 Å². The van der Waals surface area contributed by atoms with Gasteiger partial charge in [0.25, 0.3) is 5.91 Å². The average Bonchev–Trinajstić information content (AvgIpc) is 3.28. The van der Waals surface area contributed by atoms with E-state index in [0.29, 0.717) is 17.1 Å². The van der Waals surface area contributed by atoms with Crippen LogP contribution < -0.4 is 5.32 Å². The maximum Gasteiger partial charge on any atom is 0.253 e. The molecule has 4 rings (SSSR count). The third-order valence-corrected chi connectivity index (χ3v) is 4.87. The number of pyridine rings is 1. The second kappa shape index (κ2) is 7.80. The lowest BCUT2D eigenvalue weighted by molar-refractivity contribution is 0.0954. The molecule has 0 bridgehead atoms. The molecule has 0 aliphatic heterocycles. The van der Waals surface area contributed by atoms with Crippen LogP contribution in [0.25, 0.3) is 16.6 Å². The van der Waals surface area contributed by atoms with Gasteiger partial charge in [-0.05, 0) is 37.1 Å². The summed E-state index contributed by atoms with van der Waals surface area (Å²) < 4.78 is 2.02. The second-order valence-electron chi connectivity index (χ2n) is 6.50. The molecule has 4 aromatic rings. The number of aromatic amines is 1. The number of rotatable bonds is 7. The summed E-state index contributed by atoms with van der Waals surface area (Å²) >= 11 is 5.98. The number of fused-ring (bicyclic) bond motifs is 2. The summed E-state index contributed by atoms with van der Waals surface area (Å²) in [6.45, 7) is 0.652. The third kappa shape index (κ3) is 3.80. The predicted molar refractivity (Wildman–Crippen MR) is 106 cm³/mol. The maximum absolute atomic E-state index is 12.4. The van der Waals surface area contributed by atoms with E-state index in [4.69, 9.17) is 11.6 Å². The SMILES string of the molecule is O=C(NCCCCCc1nnc2ccccn12)c1c[nH]c2cc(Cl)ccc12. The van der Waals surface area contributed by atoms with Crippen LogP contribution in [-0.2, 0) is 6.42 Å². The highest BCUT2D eigenvalue weighted by atomic mass is 35.5. The van der Waals surface area contributed by atoms with Gasteiger partial charge < -0.3 is 10.3 Å². The topological polar surface area (TPSA) is 75.1 Å². The van der Waals surface area contributed by atoms with Crippen LogP contribution in [-0.4, -0.2) is 32.0 Å². The summed E-state index contributed by atoms with van der Waals surface area (Å²) in [7, 11) is 0. The number of amides is 1. The van der Waals surface area contributed by atoms with Crippen molar-refractivity contribution in [2.75, 3.05) is 6.54 Å². The van der Waals surface area contributed by atoms with E-state index >= 15 is 0 Å². The van der Waals surface area contributed by atoms with Crippen LogP contribution in [0.3, 0.4) is 0 Å². The Balaban J connectivity index is 1.23. The van der Waals surface area contributed by atoms with E-state index in [0.717, 1.165) is 48.1 Å². The van der Waals surface area contributed by atoms with E-state index < -0.39 is 0 Å². The number of aromatic nitrogens is 4. The number of H-pyrrole nitrogens is 1. The number of hydrogen-bond acceptors (Lipinski definition) is 3. The van der Waals surface area contributed by atoms with E-state index in [1.807, 2.05) is 40.9 Å². The molecule has 0 atom stereocenters. The van der Waals surface area contributed by atoms with Gasteiger partial charge in [-0.25, -0.2) is 0 Å². The van der Waals surface area contributed by atoms with Gasteiger partial charge in [-0.3, -0.25) is 9.20 Å².